The first-order chi connectivity index (χ1) is 16.1. The summed E-state index contributed by atoms with van der Waals surface area (Å²) in [6.07, 6.45) is 7.08. The van der Waals surface area contributed by atoms with Crippen LogP contribution in [0.4, 0.5) is 10.2 Å². The van der Waals surface area contributed by atoms with E-state index in [1.165, 1.54) is 37.8 Å². The van der Waals surface area contributed by atoms with Crippen molar-refractivity contribution in [3.63, 3.8) is 0 Å². The Morgan fingerprint density at radius 3 is 2.52 bits per heavy atom. The predicted molar refractivity (Wildman–Crippen MR) is 132 cm³/mol. The van der Waals surface area contributed by atoms with E-state index in [0.717, 1.165) is 28.6 Å². The summed E-state index contributed by atoms with van der Waals surface area (Å²) in [5.74, 6) is 3.10. The maximum Gasteiger partial charge on any atom is 0.164 e. The number of benzene rings is 2. The molecule has 3 aliphatic carbocycles. The van der Waals surface area contributed by atoms with Gasteiger partial charge in [-0.15, -0.1) is 0 Å². The monoisotopic (exact) mass is 460 g/mol. The lowest BCUT2D eigenvalue weighted by atomic mass is 9.62. The number of hydrogen-bond acceptors (Lipinski definition) is 3. The van der Waals surface area contributed by atoms with Crippen LogP contribution in [0.3, 0.4) is 0 Å². The van der Waals surface area contributed by atoms with Gasteiger partial charge in [0, 0.05) is 34.8 Å². The van der Waals surface area contributed by atoms with E-state index in [-0.39, 0.29) is 5.82 Å². The molecule has 0 saturated heterocycles. The number of hydrogen-bond donors (Lipinski definition) is 2. The molecule has 3 aliphatic rings. The van der Waals surface area contributed by atoms with Crippen molar-refractivity contribution in [1.82, 2.24) is 15.0 Å². The molecule has 2 heterocycles. The Labute approximate surface area is 197 Å². The van der Waals surface area contributed by atoms with Crippen LogP contribution in [-0.4, -0.2) is 21.0 Å². The molecular formula is C27H26ClFN4. The largest absolute Gasteiger partial charge is 0.367 e. The van der Waals surface area contributed by atoms with Crippen LogP contribution in [0.5, 0.6) is 0 Å². The van der Waals surface area contributed by atoms with Gasteiger partial charge in [-0.3, -0.25) is 0 Å². The molecule has 0 radical (unpaired) electrons. The zero-order valence-electron chi connectivity index (χ0n) is 18.5. The molecule has 4 aromatic rings. The molecule has 3 saturated carbocycles. The normalized spacial score (nSPS) is 24.3. The van der Waals surface area contributed by atoms with Gasteiger partial charge in [0.15, 0.2) is 5.82 Å². The average molecular weight is 461 g/mol. The lowest BCUT2D eigenvalue weighted by Gasteiger charge is -2.47. The van der Waals surface area contributed by atoms with Crippen molar-refractivity contribution in [3.8, 4) is 22.6 Å². The van der Waals surface area contributed by atoms with E-state index in [1.54, 1.807) is 0 Å². The highest BCUT2D eigenvalue weighted by Crippen LogP contribution is 2.46. The Balaban J connectivity index is 1.46. The van der Waals surface area contributed by atoms with Gasteiger partial charge in [0.25, 0.3) is 0 Å². The summed E-state index contributed by atoms with van der Waals surface area (Å²) in [4.78, 5) is 13.0. The number of nitrogens with one attached hydrogen (secondary N) is 2. The fourth-order valence-electron chi connectivity index (χ4n) is 5.91. The minimum absolute atomic E-state index is 0.348. The van der Waals surface area contributed by atoms with Gasteiger partial charge in [-0.1, -0.05) is 48.9 Å². The van der Waals surface area contributed by atoms with Crippen molar-refractivity contribution in [2.24, 2.45) is 17.8 Å². The van der Waals surface area contributed by atoms with Crippen molar-refractivity contribution in [2.75, 3.05) is 5.32 Å². The maximum absolute atomic E-state index is 14.2. The number of aromatic nitrogens is 3. The third kappa shape index (κ3) is 3.68. The second-order valence-electron chi connectivity index (χ2n) is 9.54. The number of aromatic amines is 1. The third-order valence-electron chi connectivity index (χ3n) is 7.69. The van der Waals surface area contributed by atoms with Crippen molar-refractivity contribution < 1.29 is 4.39 Å². The summed E-state index contributed by atoms with van der Waals surface area (Å²) < 4.78 is 14.2. The fraction of sp³-hybridized carbons (Fsp3) is 0.333. The number of anilines is 1. The van der Waals surface area contributed by atoms with Gasteiger partial charge in [-0.05, 0) is 55.6 Å². The highest BCUT2D eigenvalue weighted by atomic mass is 35.5. The number of fused-ring (bicyclic) bond motifs is 4. The molecule has 0 unspecified atom stereocenters. The Morgan fingerprint density at radius 1 is 1.00 bits per heavy atom. The van der Waals surface area contributed by atoms with Gasteiger partial charge < -0.3 is 10.3 Å². The molecule has 0 amide bonds. The summed E-state index contributed by atoms with van der Waals surface area (Å²) in [5.41, 5.74) is 3.29. The average Bonchev–Trinajstić information content (AvgIpc) is 3.26. The van der Waals surface area contributed by atoms with Crippen LogP contribution in [0, 0.1) is 23.6 Å². The number of nitrogens with zero attached hydrogens (tertiary/aromatic N) is 2. The molecule has 2 aromatic heterocycles. The lowest BCUT2D eigenvalue weighted by molar-refractivity contribution is 0.0928. The molecule has 0 aliphatic heterocycles. The van der Waals surface area contributed by atoms with Gasteiger partial charge in [0.2, 0.25) is 0 Å². The Morgan fingerprint density at radius 2 is 1.76 bits per heavy atom. The topological polar surface area (TPSA) is 53.6 Å². The molecule has 6 heteroatoms. The standard InChI is InChI=1S/C27H26ClFN4/c1-15-16-7-9-18(10-8-16)25(15)32-24-13-23(17-5-3-2-4-6-17)31-27(33-24)21-14-30-26-20(21)11-19(29)12-22(26)28/h2-6,11-16,18,25,30H,7-10H2,1H3,(H,31,32,33)/t15-,16?,18?,25+/m0/s1. The molecule has 168 valence electrons. The van der Waals surface area contributed by atoms with Crippen molar-refractivity contribution in [2.45, 2.75) is 38.6 Å². The lowest BCUT2D eigenvalue weighted by Crippen LogP contribution is -2.47. The minimum Gasteiger partial charge on any atom is -0.367 e. The highest BCUT2D eigenvalue weighted by Gasteiger charge is 2.41. The van der Waals surface area contributed by atoms with Crippen molar-refractivity contribution in [1.29, 1.82) is 0 Å². The predicted octanol–water partition coefficient (Wildman–Crippen LogP) is 7.32. The second kappa shape index (κ2) is 8.14. The van der Waals surface area contributed by atoms with E-state index >= 15 is 0 Å². The van der Waals surface area contributed by atoms with E-state index in [9.17, 15) is 4.39 Å². The maximum atomic E-state index is 14.2. The van der Waals surface area contributed by atoms with Crippen LogP contribution in [0.15, 0.2) is 54.7 Å². The van der Waals surface area contributed by atoms with Gasteiger partial charge >= 0.3 is 0 Å². The van der Waals surface area contributed by atoms with Crippen LogP contribution in [0.2, 0.25) is 5.02 Å². The van der Waals surface area contributed by atoms with Crippen LogP contribution in [0.1, 0.15) is 32.6 Å². The summed E-state index contributed by atoms with van der Waals surface area (Å²) in [5, 5.41) is 4.81. The van der Waals surface area contributed by atoms with Crippen LogP contribution in [-0.2, 0) is 0 Å². The quantitative estimate of drug-likeness (QED) is 0.335. The first-order valence-corrected chi connectivity index (χ1v) is 12.1. The molecule has 2 atom stereocenters. The van der Waals surface area contributed by atoms with Crippen molar-refractivity contribution in [3.05, 3.63) is 65.6 Å². The zero-order valence-corrected chi connectivity index (χ0v) is 19.2. The Kier molecular flexibility index (Phi) is 5.10. The molecule has 2 bridgehead atoms. The molecule has 7 rings (SSSR count). The van der Waals surface area contributed by atoms with Gasteiger partial charge in [-0.2, -0.15) is 0 Å². The van der Waals surface area contributed by atoms with E-state index in [0.29, 0.717) is 39.6 Å². The number of H-pyrrole nitrogens is 1. The second-order valence-corrected chi connectivity index (χ2v) is 9.95. The Bertz CT molecular complexity index is 1310. The first-order valence-electron chi connectivity index (χ1n) is 11.7. The molecule has 3 fully saturated rings. The first kappa shape index (κ1) is 20.7. The number of rotatable bonds is 4. The fourth-order valence-corrected chi connectivity index (χ4v) is 6.17. The summed E-state index contributed by atoms with van der Waals surface area (Å²) in [7, 11) is 0. The smallest absolute Gasteiger partial charge is 0.164 e. The van der Waals surface area contributed by atoms with E-state index in [1.807, 2.05) is 42.6 Å². The summed E-state index contributed by atoms with van der Waals surface area (Å²) in [6, 6.07) is 15.4. The van der Waals surface area contributed by atoms with Gasteiger partial charge in [-0.25, -0.2) is 14.4 Å². The van der Waals surface area contributed by atoms with Crippen LogP contribution >= 0.6 is 11.6 Å². The summed E-state index contributed by atoms with van der Waals surface area (Å²) in [6.45, 7) is 2.37. The van der Waals surface area contributed by atoms with E-state index in [2.05, 4.69) is 17.2 Å². The third-order valence-corrected chi connectivity index (χ3v) is 7.99. The highest BCUT2D eigenvalue weighted by molar-refractivity contribution is 6.35. The van der Waals surface area contributed by atoms with Gasteiger partial charge in [0.1, 0.15) is 11.6 Å². The van der Waals surface area contributed by atoms with E-state index < -0.39 is 0 Å². The SMILES string of the molecule is C[C@H]1C2CCC(CC2)[C@@H]1Nc1cc(-c2ccccc2)nc(-c2c[nH]c3c(Cl)cc(F)cc23)n1. The van der Waals surface area contributed by atoms with Crippen molar-refractivity contribution >= 4 is 28.3 Å². The summed E-state index contributed by atoms with van der Waals surface area (Å²) >= 11 is 6.28. The Hall–Kier alpha value is -2.92. The van der Waals surface area contributed by atoms with E-state index in [4.69, 9.17) is 21.6 Å². The molecule has 4 nitrogen and oxygen atoms in total. The minimum atomic E-state index is -0.377. The molecule has 0 spiro atoms. The molecule has 2 N–H and O–H groups in total. The molecule has 2 aromatic carbocycles. The van der Waals surface area contributed by atoms with Crippen LogP contribution in [0.25, 0.3) is 33.5 Å². The zero-order chi connectivity index (χ0) is 22.5. The molecule has 33 heavy (non-hydrogen) atoms. The van der Waals surface area contributed by atoms with Gasteiger partial charge in [0.05, 0.1) is 16.2 Å². The number of halogens is 2. The molecular weight excluding hydrogens is 435 g/mol. The van der Waals surface area contributed by atoms with Crippen LogP contribution < -0.4 is 5.32 Å².